The fourth-order valence-electron chi connectivity index (χ4n) is 2.01. The maximum atomic E-state index is 11.6. The highest BCUT2D eigenvalue weighted by atomic mass is 79.9. The molecular formula is C17H17BrO4. The molecule has 0 aromatic heterocycles. The zero-order chi connectivity index (χ0) is 15.9. The summed E-state index contributed by atoms with van der Waals surface area (Å²) in [4.78, 5) is 11.6. The molecular weight excluding hydrogens is 348 g/mol. The number of ether oxygens (including phenoxy) is 3. The third-order valence-corrected chi connectivity index (χ3v) is 3.95. The second-order valence-electron chi connectivity index (χ2n) is 4.55. The fraction of sp³-hybridized carbons (Fsp3) is 0.235. The van der Waals surface area contributed by atoms with E-state index in [4.69, 9.17) is 14.2 Å². The molecule has 2 aromatic carbocycles. The van der Waals surface area contributed by atoms with E-state index in [-0.39, 0.29) is 0 Å². The maximum absolute atomic E-state index is 11.6. The number of esters is 1. The van der Waals surface area contributed by atoms with E-state index in [1.807, 2.05) is 24.3 Å². The van der Waals surface area contributed by atoms with Gasteiger partial charge in [0.25, 0.3) is 0 Å². The van der Waals surface area contributed by atoms with E-state index < -0.39 is 5.97 Å². The van der Waals surface area contributed by atoms with Gasteiger partial charge in [0.05, 0.1) is 26.4 Å². The van der Waals surface area contributed by atoms with Crippen LogP contribution in [0.15, 0.2) is 46.9 Å². The number of rotatable bonds is 6. The third-order valence-electron chi connectivity index (χ3n) is 3.17. The summed E-state index contributed by atoms with van der Waals surface area (Å²) in [5.41, 5.74) is 1.59. The largest absolute Gasteiger partial charge is 0.493 e. The van der Waals surface area contributed by atoms with Crippen LogP contribution in [0, 0.1) is 0 Å². The van der Waals surface area contributed by atoms with Crippen molar-refractivity contribution in [2.24, 2.45) is 0 Å². The molecule has 0 spiro atoms. The predicted molar refractivity (Wildman–Crippen MR) is 87.7 cm³/mol. The van der Waals surface area contributed by atoms with Gasteiger partial charge in [0, 0.05) is 10.9 Å². The number of methoxy groups -OCH3 is 2. The van der Waals surface area contributed by atoms with Crippen molar-refractivity contribution in [3.63, 3.8) is 0 Å². The molecule has 0 aliphatic rings. The lowest BCUT2D eigenvalue weighted by molar-refractivity contribution is 0.0600. The van der Waals surface area contributed by atoms with Crippen LogP contribution in [0.3, 0.4) is 0 Å². The molecule has 0 saturated heterocycles. The molecule has 4 nitrogen and oxygen atoms in total. The minimum atomic E-state index is -0.404. The zero-order valence-electron chi connectivity index (χ0n) is 12.5. The fourth-order valence-corrected chi connectivity index (χ4v) is 2.49. The topological polar surface area (TPSA) is 44.8 Å². The van der Waals surface area contributed by atoms with Gasteiger partial charge in [-0.05, 0) is 29.8 Å². The van der Waals surface area contributed by atoms with Crippen molar-refractivity contribution in [2.75, 3.05) is 20.8 Å². The van der Waals surface area contributed by atoms with Gasteiger partial charge in [-0.2, -0.15) is 0 Å². The van der Waals surface area contributed by atoms with Crippen molar-refractivity contribution in [1.82, 2.24) is 0 Å². The molecule has 0 atom stereocenters. The van der Waals surface area contributed by atoms with Gasteiger partial charge in [-0.1, -0.05) is 34.1 Å². The molecule has 5 heteroatoms. The van der Waals surface area contributed by atoms with Gasteiger partial charge in [-0.25, -0.2) is 4.79 Å². The molecule has 0 radical (unpaired) electrons. The van der Waals surface area contributed by atoms with Gasteiger partial charge < -0.3 is 14.2 Å². The average molecular weight is 365 g/mol. The van der Waals surface area contributed by atoms with Crippen LogP contribution in [-0.4, -0.2) is 26.8 Å². The monoisotopic (exact) mass is 364 g/mol. The first-order valence-electron chi connectivity index (χ1n) is 6.78. The molecule has 0 N–H and O–H groups in total. The van der Waals surface area contributed by atoms with E-state index >= 15 is 0 Å². The predicted octanol–water partition coefficient (Wildman–Crippen LogP) is 3.87. The van der Waals surface area contributed by atoms with E-state index in [0.717, 1.165) is 16.5 Å². The molecule has 0 saturated carbocycles. The Morgan fingerprint density at radius 2 is 1.86 bits per heavy atom. The van der Waals surface area contributed by atoms with Gasteiger partial charge in [-0.3, -0.25) is 0 Å². The second-order valence-corrected chi connectivity index (χ2v) is 5.40. The Morgan fingerprint density at radius 1 is 1.09 bits per heavy atom. The summed E-state index contributed by atoms with van der Waals surface area (Å²) in [5, 5.41) is 0. The lowest BCUT2D eigenvalue weighted by atomic mass is 10.1. The van der Waals surface area contributed by atoms with Crippen LogP contribution in [0.4, 0.5) is 0 Å². The quantitative estimate of drug-likeness (QED) is 0.730. The van der Waals surface area contributed by atoms with Crippen LogP contribution in [0.5, 0.6) is 11.5 Å². The standard InChI is InChI=1S/C17H17BrO4/c1-20-15-8-7-13(17(19)21-2)11-16(15)22-10-9-12-5-3-4-6-14(12)18/h3-8,11H,9-10H2,1-2H3. The first-order chi connectivity index (χ1) is 10.7. The Balaban J connectivity index is 2.08. The molecule has 0 amide bonds. The lowest BCUT2D eigenvalue weighted by Gasteiger charge is -2.12. The van der Waals surface area contributed by atoms with E-state index in [0.29, 0.717) is 23.7 Å². The van der Waals surface area contributed by atoms with Crippen LogP contribution >= 0.6 is 15.9 Å². The second kappa shape index (κ2) is 7.84. The number of carbonyl (C=O) groups excluding carboxylic acids is 1. The molecule has 0 fully saturated rings. The van der Waals surface area contributed by atoms with E-state index in [1.165, 1.54) is 7.11 Å². The summed E-state index contributed by atoms with van der Waals surface area (Å²) in [6, 6.07) is 13.0. The number of hydrogen-bond acceptors (Lipinski definition) is 4. The Hall–Kier alpha value is -2.01. The minimum Gasteiger partial charge on any atom is -0.493 e. The van der Waals surface area contributed by atoms with Crippen molar-refractivity contribution in [3.8, 4) is 11.5 Å². The molecule has 0 heterocycles. The number of benzene rings is 2. The number of carbonyl (C=O) groups is 1. The molecule has 2 rings (SSSR count). The number of halogens is 1. The third kappa shape index (κ3) is 4.01. The number of hydrogen-bond donors (Lipinski definition) is 0. The van der Waals surface area contributed by atoms with Crippen LogP contribution in [0.25, 0.3) is 0 Å². The summed E-state index contributed by atoms with van der Waals surface area (Å²) in [5.74, 6) is 0.704. The normalized spacial score (nSPS) is 10.1. The van der Waals surface area contributed by atoms with Gasteiger partial charge >= 0.3 is 5.97 Å². The maximum Gasteiger partial charge on any atom is 0.337 e. The zero-order valence-corrected chi connectivity index (χ0v) is 14.1. The highest BCUT2D eigenvalue weighted by molar-refractivity contribution is 9.10. The highest BCUT2D eigenvalue weighted by Gasteiger charge is 2.11. The molecule has 22 heavy (non-hydrogen) atoms. The SMILES string of the molecule is COC(=O)c1ccc(OC)c(OCCc2ccccc2Br)c1. The molecule has 0 unspecified atom stereocenters. The molecule has 0 bridgehead atoms. The molecule has 2 aromatic rings. The van der Waals surface area contributed by atoms with Crippen molar-refractivity contribution in [1.29, 1.82) is 0 Å². The summed E-state index contributed by atoms with van der Waals surface area (Å²) in [6.45, 7) is 0.476. The van der Waals surface area contributed by atoms with Gasteiger partial charge in [-0.15, -0.1) is 0 Å². The van der Waals surface area contributed by atoms with E-state index in [9.17, 15) is 4.79 Å². The summed E-state index contributed by atoms with van der Waals surface area (Å²) in [7, 11) is 2.91. The summed E-state index contributed by atoms with van der Waals surface area (Å²) in [6.07, 6.45) is 0.743. The first kappa shape index (κ1) is 16.4. The van der Waals surface area contributed by atoms with Gasteiger partial charge in [0.2, 0.25) is 0 Å². The van der Waals surface area contributed by atoms with Crippen molar-refractivity contribution in [3.05, 3.63) is 58.1 Å². The lowest BCUT2D eigenvalue weighted by Crippen LogP contribution is -2.06. The Bertz CT molecular complexity index is 655. The Labute approximate surface area is 138 Å². The molecule has 116 valence electrons. The smallest absolute Gasteiger partial charge is 0.337 e. The van der Waals surface area contributed by atoms with Gasteiger partial charge in [0.1, 0.15) is 0 Å². The minimum absolute atomic E-state index is 0.404. The first-order valence-corrected chi connectivity index (χ1v) is 7.57. The molecule has 0 aliphatic heterocycles. The Kier molecular flexibility index (Phi) is 5.83. The highest BCUT2D eigenvalue weighted by Crippen LogP contribution is 2.28. The summed E-state index contributed by atoms with van der Waals surface area (Å²) >= 11 is 3.51. The van der Waals surface area contributed by atoms with Crippen LogP contribution in [-0.2, 0) is 11.2 Å². The van der Waals surface area contributed by atoms with Crippen LogP contribution in [0.2, 0.25) is 0 Å². The van der Waals surface area contributed by atoms with Crippen LogP contribution < -0.4 is 9.47 Å². The van der Waals surface area contributed by atoms with Gasteiger partial charge in [0.15, 0.2) is 11.5 Å². The Morgan fingerprint density at radius 3 is 2.55 bits per heavy atom. The van der Waals surface area contributed by atoms with Crippen molar-refractivity contribution < 1.29 is 19.0 Å². The van der Waals surface area contributed by atoms with Crippen LogP contribution in [0.1, 0.15) is 15.9 Å². The van der Waals surface area contributed by atoms with Crippen molar-refractivity contribution >= 4 is 21.9 Å². The van der Waals surface area contributed by atoms with E-state index in [2.05, 4.69) is 15.9 Å². The van der Waals surface area contributed by atoms with E-state index in [1.54, 1.807) is 25.3 Å². The van der Waals surface area contributed by atoms with Crippen molar-refractivity contribution in [2.45, 2.75) is 6.42 Å². The molecule has 0 aliphatic carbocycles. The average Bonchev–Trinajstić information content (AvgIpc) is 2.55. The summed E-state index contributed by atoms with van der Waals surface area (Å²) < 4.78 is 16.8.